The quantitative estimate of drug-likeness (QED) is 0.105. The Morgan fingerprint density at radius 2 is 0.875 bits per heavy atom. The van der Waals surface area contributed by atoms with Crippen LogP contribution in [0.15, 0.2) is 36.4 Å². The fraction of sp³-hybridized carbons (Fsp3) is 0.500. The van der Waals surface area contributed by atoms with Gasteiger partial charge in [-0.3, -0.25) is 0 Å². The van der Waals surface area contributed by atoms with E-state index in [4.69, 9.17) is 0 Å². The topological polar surface area (TPSA) is 80.9 Å². The summed E-state index contributed by atoms with van der Waals surface area (Å²) in [4.78, 5) is 0. The average molecular weight is 515 g/mol. The van der Waals surface area contributed by atoms with E-state index in [1.165, 1.54) is 35.9 Å². The van der Waals surface area contributed by atoms with Crippen molar-refractivity contribution in [1.82, 2.24) is 0 Å². The molecule has 32 heavy (non-hydrogen) atoms. The molecule has 0 heterocycles. The molecule has 0 radical (unpaired) electrons. The molecule has 2 aromatic carbocycles. The van der Waals surface area contributed by atoms with E-state index in [1.54, 1.807) is 24.3 Å². The van der Waals surface area contributed by atoms with E-state index in [0.29, 0.717) is 0 Å². The second-order valence-electron chi connectivity index (χ2n) is 7.43. The summed E-state index contributed by atoms with van der Waals surface area (Å²) in [6.45, 7) is 0. The molecule has 2 aromatic rings. The molecule has 0 saturated heterocycles. The van der Waals surface area contributed by atoms with Crippen molar-refractivity contribution in [1.29, 1.82) is 0 Å². The molecule has 0 spiro atoms. The summed E-state index contributed by atoms with van der Waals surface area (Å²) in [5, 5.41) is 37.7. The van der Waals surface area contributed by atoms with Gasteiger partial charge in [0.05, 0.1) is 0 Å². The zero-order chi connectivity index (χ0) is 23.0. The Balaban J connectivity index is 1.31. The van der Waals surface area contributed by atoms with Gasteiger partial charge in [-0.2, -0.15) is 23.5 Å². The van der Waals surface area contributed by atoms with Crippen LogP contribution in [-0.4, -0.2) is 54.9 Å². The van der Waals surface area contributed by atoms with Gasteiger partial charge in [-0.1, -0.05) is 33.7 Å². The molecule has 0 amide bonds. The summed E-state index contributed by atoms with van der Waals surface area (Å²) >= 11 is 3.99. The van der Waals surface area contributed by atoms with Gasteiger partial charge in [-0.25, -0.2) is 0 Å². The Morgan fingerprint density at radius 3 is 1.28 bits per heavy atom. The van der Waals surface area contributed by atoms with Crippen LogP contribution in [0.25, 0.3) is 0 Å². The maximum absolute atomic E-state index is 9.51. The monoisotopic (exact) mass is 514 g/mol. The van der Waals surface area contributed by atoms with Crippen molar-refractivity contribution in [2.24, 2.45) is 0 Å². The van der Waals surface area contributed by atoms with Gasteiger partial charge in [0, 0.05) is 11.5 Å². The largest absolute Gasteiger partial charge is 0.504 e. The SMILES string of the molecule is Oc1ccc(CCCSCCCSSCCCSCCCc2ccc(O)c(O)c2)cc1O. The van der Waals surface area contributed by atoms with Crippen LogP contribution >= 0.6 is 45.1 Å². The number of benzene rings is 2. The van der Waals surface area contributed by atoms with E-state index in [-0.39, 0.29) is 23.0 Å². The van der Waals surface area contributed by atoms with Crippen molar-refractivity contribution in [3.63, 3.8) is 0 Å². The molecule has 8 heteroatoms. The highest BCUT2D eigenvalue weighted by molar-refractivity contribution is 8.76. The Morgan fingerprint density at radius 1 is 0.469 bits per heavy atom. The molecule has 0 aliphatic rings. The lowest BCUT2D eigenvalue weighted by Crippen LogP contribution is -1.91. The van der Waals surface area contributed by atoms with Gasteiger partial charge >= 0.3 is 0 Å². The molecular weight excluding hydrogens is 481 g/mol. The standard InChI is InChI=1S/C24H34O4S4/c25-21-9-7-19(17-23(21)27)5-1-11-29-13-3-15-31-32-16-4-14-30-12-2-6-20-8-10-22(26)24(28)18-20/h7-10,17-18,25-28H,1-6,11-16H2. The predicted octanol–water partition coefficient (Wildman–Crippen LogP) is 6.70. The molecular formula is C24H34O4S4. The van der Waals surface area contributed by atoms with Gasteiger partial charge < -0.3 is 20.4 Å². The minimum Gasteiger partial charge on any atom is -0.504 e. The molecule has 0 aliphatic carbocycles. The minimum absolute atomic E-state index is 0.0317. The van der Waals surface area contributed by atoms with Crippen LogP contribution in [0.1, 0.15) is 36.8 Å². The average Bonchev–Trinajstić information content (AvgIpc) is 2.78. The molecule has 2 rings (SSSR count). The van der Waals surface area contributed by atoms with Gasteiger partial charge in [0.15, 0.2) is 23.0 Å². The highest BCUT2D eigenvalue weighted by atomic mass is 33.1. The molecule has 0 aromatic heterocycles. The molecule has 0 aliphatic heterocycles. The maximum Gasteiger partial charge on any atom is 0.157 e. The number of hydrogen-bond donors (Lipinski definition) is 4. The number of rotatable bonds is 17. The summed E-state index contributed by atoms with van der Waals surface area (Å²) in [5.41, 5.74) is 2.15. The fourth-order valence-corrected chi connectivity index (χ4v) is 7.31. The van der Waals surface area contributed by atoms with Crippen molar-refractivity contribution in [2.75, 3.05) is 34.5 Å². The van der Waals surface area contributed by atoms with Crippen LogP contribution in [0.3, 0.4) is 0 Å². The lowest BCUT2D eigenvalue weighted by Gasteiger charge is -2.05. The zero-order valence-corrected chi connectivity index (χ0v) is 21.6. The minimum atomic E-state index is -0.0539. The molecule has 0 saturated carbocycles. The summed E-state index contributed by atoms with van der Waals surface area (Å²) in [6.07, 6.45) is 6.53. The fourth-order valence-electron chi connectivity index (χ4n) is 2.97. The summed E-state index contributed by atoms with van der Waals surface area (Å²) in [6, 6.07) is 10.1. The van der Waals surface area contributed by atoms with Crippen LogP contribution in [0, 0.1) is 0 Å². The Labute approximate surface area is 208 Å². The number of aromatic hydroxyl groups is 4. The van der Waals surface area contributed by atoms with E-state index in [9.17, 15) is 20.4 Å². The molecule has 4 nitrogen and oxygen atoms in total. The van der Waals surface area contributed by atoms with Crippen molar-refractivity contribution >= 4 is 45.1 Å². The third kappa shape index (κ3) is 11.8. The highest BCUT2D eigenvalue weighted by Gasteiger charge is 2.02. The van der Waals surface area contributed by atoms with Crippen LogP contribution in [0.2, 0.25) is 0 Å². The summed E-state index contributed by atoms with van der Waals surface area (Å²) in [5.74, 6) is 6.89. The Bertz CT molecular complexity index is 723. The number of phenols is 4. The number of phenolic OH excluding ortho intramolecular Hbond substituents is 4. The third-order valence-electron chi connectivity index (χ3n) is 4.70. The number of aryl methyl sites for hydroxylation is 2. The highest BCUT2D eigenvalue weighted by Crippen LogP contribution is 2.27. The van der Waals surface area contributed by atoms with Crippen LogP contribution in [-0.2, 0) is 12.8 Å². The summed E-state index contributed by atoms with van der Waals surface area (Å²) < 4.78 is 0. The van der Waals surface area contributed by atoms with Crippen LogP contribution < -0.4 is 0 Å². The van der Waals surface area contributed by atoms with E-state index in [1.807, 2.05) is 57.2 Å². The molecule has 0 bridgehead atoms. The van der Waals surface area contributed by atoms with Gasteiger partial charge in [-0.15, -0.1) is 0 Å². The van der Waals surface area contributed by atoms with Crippen LogP contribution in [0.5, 0.6) is 23.0 Å². The van der Waals surface area contributed by atoms with Gasteiger partial charge in [-0.05, 0) is 96.9 Å². The number of thioether (sulfide) groups is 2. The van der Waals surface area contributed by atoms with E-state index >= 15 is 0 Å². The predicted molar refractivity (Wildman–Crippen MR) is 145 cm³/mol. The second kappa shape index (κ2) is 16.6. The first-order valence-electron chi connectivity index (χ1n) is 11.0. The Hall–Kier alpha value is -0.960. The molecule has 4 N–H and O–H groups in total. The smallest absolute Gasteiger partial charge is 0.157 e. The van der Waals surface area contributed by atoms with Crippen molar-refractivity contribution in [3.8, 4) is 23.0 Å². The molecule has 0 unspecified atom stereocenters. The summed E-state index contributed by atoms with van der Waals surface area (Å²) in [7, 11) is 3.97. The van der Waals surface area contributed by atoms with E-state index in [0.717, 1.165) is 48.3 Å². The molecule has 0 atom stereocenters. The van der Waals surface area contributed by atoms with Crippen molar-refractivity contribution in [2.45, 2.75) is 38.5 Å². The lowest BCUT2D eigenvalue weighted by molar-refractivity contribution is 0.403. The second-order valence-corrected chi connectivity index (χ2v) is 12.6. The van der Waals surface area contributed by atoms with Crippen molar-refractivity contribution < 1.29 is 20.4 Å². The third-order valence-corrected chi connectivity index (χ3v) is 9.59. The molecule has 178 valence electrons. The normalized spacial score (nSPS) is 11.1. The number of hydrogen-bond acceptors (Lipinski definition) is 8. The zero-order valence-electron chi connectivity index (χ0n) is 18.4. The van der Waals surface area contributed by atoms with E-state index < -0.39 is 0 Å². The van der Waals surface area contributed by atoms with Gasteiger partial charge in [0.1, 0.15) is 0 Å². The first-order valence-corrected chi connectivity index (χ1v) is 15.8. The van der Waals surface area contributed by atoms with Crippen molar-refractivity contribution in [3.05, 3.63) is 47.5 Å². The van der Waals surface area contributed by atoms with Crippen LogP contribution in [0.4, 0.5) is 0 Å². The molecule has 0 fully saturated rings. The van der Waals surface area contributed by atoms with Gasteiger partial charge in [0.2, 0.25) is 0 Å². The van der Waals surface area contributed by atoms with E-state index in [2.05, 4.69) is 0 Å². The maximum atomic E-state index is 9.51. The first-order chi connectivity index (χ1) is 15.6. The first kappa shape index (κ1) is 27.3. The van der Waals surface area contributed by atoms with Gasteiger partial charge in [0.25, 0.3) is 0 Å². The lowest BCUT2D eigenvalue weighted by atomic mass is 10.1. The Kier molecular flexibility index (Phi) is 14.2.